The fourth-order valence-corrected chi connectivity index (χ4v) is 5.09. The Labute approximate surface area is 130 Å². The van der Waals surface area contributed by atoms with Gasteiger partial charge < -0.3 is 0 Å². The third-order valence-electron chi connectivity index (χ3n) is 6.74. The predicted molar refractivity (Wildman–Crippen MR) is 93.7 cm³/mol. The van der Waals surface area contributed by atoms with E-state index >= 15 is 0 Å². The predicted octanol–water partition coefficient (Wildman–Crippen LogP) is 7.00. The average molecular weight is 282 g/mol. The molecule has 0 saturated heterocycles. The van der Waals surface area contributed by atoms with Crippen LogP contribution in [0.1, 0.15) is 88.0 Å². The third kappa shape index (κ3) is 3.60. The lowest BCUT2D eigenvalue weighted by atomic mass is 9.51. The van der Waals surface area contributed by atoms with E-state index in [0.717, 1.165) is 17.8 Å². The van der Waals surface area contributed by atoms with Crippen molar-refractivity contribution in [3.63, 3.8) is 0 Å². The first-order chi connectivity index (χ1) is 9.15. The van der Waals surface area contributed by atoms with Gasteiger partial charge in [-0.25, -0.2) is 0 Å². The van der Waals surface area contributed by atoms with Gasteiger partial charge in [0.2, 0.25) is 0 Å². The van der Waals surface area contributed by atoms with E-state index in [9.17, 15) is 0 Å². The van der Waals surface area contributed by atoms with Crippen LogP contribution in [0, 0.1) is 41.4 Å². The summed E-state index contributed by atoms with van der Waals surface area (Å²) in [6.07, 6.45) is 5.09. The molecule has 0 rings (SSSR count). The van der Waals surface area contributed by atoms with Crippen LogP contribution in [0.2, 0.25) is 0 Å². The zero-order chi connectivity index (χ0) is 16.1. The summed E-state index contributed by atoms with van der Waals surface area (Å²) in [5.41, 5.74) is 0.774. The third-order valence-corrected chi connectivity index (χ3v) is 6.74. The van der Waals surface area contributed by atoms with E-state index in [-0.39, 0.29) is 0 Å². The molecule has 0 aliphatic heterocycles. The van der Waals surface area contributed by atoms with Crippen molar-refractivity contribution in [1.82, 2.24) is 0 Å². The van der Waals surface area contributed by atoms with Crippen molar-refractivity contribution < 1.29 is 0 Å². The van der Waals surface area contributed by atoms with Gasteiger partial charge >= 0.3 is 0 Å². The minimum atomic E-state index is 0.349. The van der Waals surface area contributed by atoms with Crippen LogP contribution in [0.25, 0.3) is 0 Å². The maximum atomic E-state index is 4.43. The number of hydrogen-bond donors (Lipinski definition) is 0. The lowest BCUT2D eigenvalue weighted by molar-refractivity contribution is -0.0465. The standard InChI is InChI=1S/C20H41/c1-11-17(15(5)6)20(10,14-4)18(12-2)19(9,13-3)16(7)8/h15-18H,7,11-14H2,1-6,8-10H3. The molecule has 0 aliphatic carbocycles. The minimum Gasteiger partial charge on any atom is -0.0651 e. The molecule has 0 aliphatic rings. The van der Waals surface area contributed by atoms with E-state index in [2.05, 4.69) is 69.2 Å². The summed E-state index contributed by atoms with van der Waals surface area (Å²) in [7, 11) is 0. The quantitative estimate of drug-likeness (QED) is 0.427. The first kappa shape index (κ1) is 20.0. The topological polar surface area (TPSA) is 0 Å². The molecule has 5 atom stereocenters. The molecular formula is C20H41. The number of hydrogen-bond acceptors (Lipinski definition) is 0. The Morgan fingerprint density at radius 2 is 1.25 bits per heavy atom. The summed E-state index contributed by atoms with van der Waals surface area (Å²) in [6, 6.07) is 0. The second-order valence-electron chi connectivity index (χ2n) is 7.84. The molecule has 0 aromatic rings. The number of rotatable bonds is 9. The molecule has 0 heterocycles. The first-order valence-electron chi connectivity index (χ1n) is 8.98. The first-order valence-corrected chi connectivity index (χ1v) is 8.98. The maximum Gasteiger partial charge on any atom is -0.0264 e. The minimum absolute atomic E-state index is 0.349. The van der Waals surface area contributed by atoms with Crippen LogP contribution in [0.5, 0.6) is 0 Å². The van der Waals surface area contributed by atoms with E-state index in [0.29, 0.717) is 16.7 Å². The van der Waals surface area contributed by atoms with Gasteiger partial charge in [0.05, 0.1) is 0 Å². The molecule has 0 amide bonds. The molecule has 5 unspecified atom stereocenters. The van der Waals surface area contributed by atoms with Crippen LogP contribution < -0.4 is 0 Å². The normalized spacial score (nSPS) is 21.6. The zero-order valence-corrected chi connectivity index (χ0v) is 15.8. The zero-order valence-electron chi connectivity index (χ0n) is 15.8. The van der Waals surface area contributed by atoms with Gasteiger partial charge in [0.25, 0.3) is 0 Å². The Morgan fingerprint density at radius 1 is 0.800 bits per heavy atom. The van der Waals surface area contributed by atoms with E-state index in [1.54, 1.807) is 0 Å². The molecule has 1 radical (unpaired) electrons. The van der Waals surface area contributed by atoms with Crippen molar-refractivity contribution in [1.29, 1.82) is 0 Å². The van der Waals surface area contributed by atoms with Crippen molar-refractivity contribution in [2.24, 2.45) is 34.5 Å². The molecule has 0 aromatic carbocycles. The van der Waals surface area contributed by atoms with E-state index in [1.807, 2.05) is 0 Å². The highest BCUT2D eigenvalue weighted by Crippen LogP contribution is 2.55. The van der Waals surface area contributed by atoms with Crippen molar-refractivity contribution in [3.05, 3.63) is 6.92 Å². The molecular weight excluding hydrogens is 240 g/mol. The van der Waals surface area contributed by atoms with Gasteiger partial charge in [-0.15, -0.1) is 0 Å². The van der Waals surface area contributed by atoms with Crippen molar-refractivity contribution in [3.8, 4) is 0 Å². The Bertz CT molecular complexity index is 265. The van der Waals surface area contributed by atoms with E-state index in [4.69, 9.17) is 0 Å². The van der Waals surface area contributed by atoms with Gasteiger partial charge in [-0.2, -0.15) is 0 Å². The second kappa shape index (κ2) is 7.85. The van der Waals surface area contributed by atoms with Crippen LogP contribution in [-0.4, -0.2) is 0 Å². The highest BCUT2D eigenvalue weighted by Gasteiger charge is 2.48. The van der Waals surface area contributed by atoms with Gasteiger partial charge in [-0.1, -0.05) is 88.0 Å². The second-order valence-corrected chi connectivity index (χ2v) is 7.84. The van der Waals surface area contributed by atoms with E-state index in [1.165, 1.54) is 25.7 Å². The molecule has 0 N–H and O–H groups in total. The lowest BCUT2D eigenvalue weighted by Crippen LogP contribution is -2.47. The molecule has 0 bridgehead atoms. The summed E-state index contributed by atoms with van der Waals surface area (Å²) < 4.78 is 0. The van der Waals surface area contributed by atoms with Gasteiger partial charge in [-0.3, -0.25) is 0 Å². The van der Waals surface area contributed by atoms with E-state index < -0.39 is 0 Å². The molecule has 0 nitrogen and oxygen atoms in total. The fraction of sp³-hybridized carbons (Fsp3) is 0.950. The summed E-state index contributed by atoms with van der Waals surface area (Å²) >= 11 is 0. The highest BCUT2D eigenvalue weighted by atomic mass is 14.5. The Balaban J connectivity index is 5.77. The molecule has 0 aromatic heterocycles. The average Bonchev–Trinajstić information content (AvgIpc) is 2.38. The Morgan fingerprint density at radius 3 is 1.45 bits per heavy atom. The largest absolute Gasteiger partial charge is 0.0651 e. The highest BCUT2D eigenvalue weighted by molar-refractivity contribution is 4.98. The van der Waals surface area contributed by atoms with Crippen LogP contribution in [0.3, 0.4) is 0 Å². The van der Waals surface area contributed by atoms with Crippen LogP contribution in [-0.2, 0) is 0 Å². The van der Waals surface area contributed by atoms with Crippen molar-refractivity contribution >= 4 is 0 Å². The van der Waals surface area contributed by atoms with Crippen LogP contribution in [0.15, 0.2) is 0 Å². The molecule has 0 spiro atoms. The monoisotopic (exact) mass is 281 g/mol. The summed E-state index contributed by atoms with van der Waals surface area (Å²) in [5, 5.41) is 0. The van der Waals surface area contributed by atoms with Gasteiger partial charge in [0.15, 0.2) is 0 Å². The smallest absolute Gasteiger partial charge is 0.0264 e. The van der Waals surface area contributed by atoms with Gasteiger partial charge in [0, 0.05) is 0 Å². The molecule has 0 fully saturated rings. The summed E-state index contributed by atoms with van der Waals surface area (Å²) in [5.74, 6) is 2.83. The molecule has 20 heavy (non-hydrogen) atoms. The van der Waals surface area contributed by atoms with Gasteiger partial charge in [-0.05, 0) is 41.4 Å². The molecule has 121 valence electrons. The fourth-order valence-electron chi connectivity index (χ4n) is 5.09. The van der Waals surface area contributed by atoms with Gasteiger partial charge in [0.1, 0.15) is 0 Å². The Hall–Kier alpha value is 0. The Kier molecular flexibility index (Phi) is 7.85. The van der Waals surface area contributed by atoms with Crippen molar-refractivity contribution in [2.45, 2.75) is 88.0 Å². The van der Waals surface area contributed by atoms with Crippen LogP contribution >= 0.6 is 0 Å². The molecule has 0 heteroatoms. The lowest BCUT2D eigenvalue weighted by Gasteiger charge is -2.54. The summed E-state index contributed by atoms with van der Waals surface area (Å²) in [4.78, 5) is 0. The van der Waals surface area contributed by atoms with Crippen LogP contribution in [0.4, 0.5) is 0 Å². The van der Waals surface area contributed by atoms with Crippen molar-refractivity contribution in [2.75, 3.05) is 0 Å². The molecule has 0 saturated carbocycles. The SMILES string of the molecule is [CH2]C(C)C(C)(CC)C(CC)C(C)(CC)C(CC)C(C)C. The maximum absolute atomic E-state index is 4.43. The summed E-state index contributed by atoms with van der Waals surface area (Å²) in [6.45, 7) is 26.1.